The fourth-order valence-corrected chi connectivity index (χ4v) is 3.70. The highest BCUT2D eigenvalue weighted by molar-refractivity contribution is 6.30. The Morgan fingerprint density at radius 1 is 1.33 bits per heavy atom. The smallest absolute Gasteiger partial charge is 0.226 e. The maximum Gasteiger partial charge on any atom is 0.226 e. The number of ether oxygens (including phenoxy) is 1. The summed E-state index contributed by atoms with van der Waals surface area (Å²) in [4.78, 5) is 14.4. The Hall–Kier alpha value is -0.970. The van der Waals surface area contributed by atoms with Crippen molar-refractivity contribution in [1.29, 1.82) is 0 Å². The summed E-state index contributed by atoms with van der Waals surface area (Å²) in [6.45, 7) is 3.47. The molecule has 1 heterocycles. The minimum absolute atomic E-state index is 0. The first-order chi connectivity index (χ1) is 11.1. The quantitative estimate of drug-likeness (QED) is 0.778. The van der Waals surface area contributed by atoms with Crippen molar-refractivity contribution in [3.05, 3.63) is 29.3 Å². The van der Waals surface area contributed by atoms with Crippen LogP contribution in [0.3, 0.4) is 0 Å². The lowest BCUT2D eigenvalue weighted by Crippen LogP contribution is -2.35. The number of amides is 1. The minimum Gasteiger partial charge on any atom is -0.494 e. The zero-order valence-electron chi connectivity index (χ0n) is 14.1. The van der Waals surface area contributed by atoms with Gasteiger partial charge in [-0.25, -0.2) is 0 Å². The Morgan fingerprint density at radius 3 is 2.67 bits per heavy atom. The summed E-state index contributed by atoms with van der Waals surface area (Å²) in [6, 6.07) is 7.36. The predicted molar refractivity (Wildman–Crippen MR) is 99.1 cm³/mol. The van der Waals surface area contributed by atoms with Crippen LogP contribution in [0.1, 0.15) is 25.7 Å². The fraction of sp³-hybridized carbons (Fsp3) is 0.611. The third kappa shape index (κ3) is 4.56. The van der Waals surface area contributed by atoms with Gasteiger partial charge >= 0.3 is 0 Å². The number of hydrogen-bond acceptors (Lipinski definition) is 3. The van der Waals surface area contributed by atoms with Gasteiger partial charge in [0.05, 0.1) is 6.61 Å². The van der Waals surface area contributed by atoms with Gasteiger partial charge in [-0.05, 0) is 68.5 Å². The van der Waals surface area contributed by atoms with Crippen LogP contribution in [0, 0.1) is 11.3 Å². The van der Waals surface area contributed by atoms with E-state index in [0.29, 0.717) is 23.0 Å². The molecule has 1 aliphatic carbocycles. The first-order valence-corrected chi connectivity index (χ1v) is 8.83. The lowest BCUT2D eigenvalue weighted by atomic mass is 9.91. The molecule has 2 aliphatic rings. The van der Waals surface area contributed by atoms with Gasteiger partial charge in [0.25, 0.3) is 0 Å². The van der Waals surface area contributed by atoms with Gasteiger partial charge in [0.15, 0.2) is 0 Å². The monoisotopic (exact) mass is 372 g/mol. The van der Waals surface area contributed by atoms with Crippen LogP contribution in [0.15, 0.2) is 24.3 Å². The molecule has 1 atom stereocenters. The third-order valence-electron chi connectivity index (χ3n) is 5.18. The molecule has 2 fully saturated rings. The standard InChI is InChI=1S/C18H25ClN2O2.ClH/c1-21(11-2-12-23-15-5-3-14(19)4-6-15)17(22)16-13-18(16)7-9-20-10-8-18;/h3-6,16,20H,2,7-13H2,1H3;1H. The number of carbonyl (C=O) groups is 1. The van der Waals surface area contributed by atoms with E-state index in [2.05, 4.69) is 5.32 Å². The summed E-state index contributed by atoms with van der Waals surface area (Å²) in [5, 5.41) is 4.09. The van der Waals surface area contributed by atoms with Crippen LogP contribution in [0.4, 0.5) is 0 Å². The van der Waals surface area contributed by atoms with E-state index in [1.807, 2.05) is 36.2 Å². The topological polar surface area (TPSA) is 41.6 Å². The van der Waals surface area contributed by atoms with Crippen molar-refractivity contribution in [3.63, 3.8) is 0 Å². The van der Waals surface area contributed by atoms with Gasteiger partial charge in [-0.2, -0.15) is 0 Å². The predicted octanol–water partition coefficient (Wildman–Crippen LogP) is 3.38. The van der Waals surface area contributed by atoms with Crippen molar-refractivity contribution in [1.82, 2.24) is 10.2 Å². The molecule has 1 unspecified atom stereocenters. The van der Waals surface area contributed by atoms with Crippen molar-refractivity contribution < 1.29 is 9.53 Å². The van der Waals surface area contributed by atoms with Crippen LogP contribution in [-0.2, 0) is 4.79 Å². The van der Waals surface area contributed by atoms with E-state index in [4.69, 9.17) is 16.3 Å². The second kappa shape index (κ2) is 8.41. The van der Waals surface area contributed by atoms with Gasteiger partial charge < -0.3 is 15.0 Å². The summed E-state index contributed by atoms with van der Waals surface area (Å²) in [6.07, 6.45) is 4.22. The van der Waals surface area contributed by atoms with E-state index < -0.39 is 0 Å². The molecule has 0 radical (unpaired) electrons. The maximum absolute atomic E-state index is 12.5. The minimum atomic E-state index is 0. The lowest BCUT2D eigenvalue weighted by molar-refractivity contribution is -0.132. The van der Waals surface area contributed by atoms with E-state index in [0.717, 1.165) is 51.1 Å². The van der Waals surface area contributed by atoms with E-state index in [1.165, 1.54) is 0 Å². The third-order valence-corrected chi connectivity index (χ3v) is 5.44. The molecule has 4 nitrogen and oxygen atoms in total. The fourth-order valence-electron chi connectivity index (χ4n) is 3.57. The Bertz CT molecular complexity index is 544. The largest absolute Gasteiger partial charge is 0.494 e. The van der Waals surface area contributed by atoms with Crippen LogP contribution in [-0.4, -0.2) is 44.1 Å². The van der Waals surface area contributed by atoms with Gasteiger partial charge in [-0.1, -0.05) is 11.6 Å². The van der Waals surface area contributed by atoms with Gasteiger partial charge in [-0.3, -0.25) is 4.79 Å². The molecule has 1 spiro atoms. The Morgan fingerprint density at radius 2 is 2.00 bits per heavy atom. The second-order valence-corrected chi connectivity index (χ2v) is 7.22. The van der Waals surface area contributed by atoms with Crippen LogP contribution in [0.5, 0.6) is 5.75 Å². The first-order valence-electron chi connectivity index (χ1n) is 8.45. The molecular weight excluding hydrogens is 347 g/mol. The molecule has 1 aromatic rings. The average molecular weight is 373 g/mol. The Balaban J connectivity index is 0.00000208. The molecule has 134 valence electrons. The summed E-state index contributed by atoms with van der Waals surface area (Å²) in [7, 11) is 1.91. The molecular formula is C18H26Cl2N2O2. The van der Waals surface area contributed by atoms with Crippen molar-refractivity contribution in [2.75, 3.05) is 33.3 Å². The lowest BCUT2D eigenvalue weighted by Gasteiger charge is -2.25. The maximum atomic E-state index is 12.5. The van der Waals surface area contributed by atoms with Crippen LogP contribution in [0.25, 0.3) is 0 Å². The molecule has 1 aromatic carbocycles. The zero-order valence-corrected chi connectivity index (χ0v) is 15.7. The summed E-state index contributed by atoms with van der Waals surface area (Å²) < 4.78 is 5.67. The van der Waals surface area contributed by atoms with Crippen LogP contribution >= 0.6 is 24.0 Å². The molecule has 24 heavy (non-hydrogen) atoms. The van der Waals surface area contributed by atoms with Crippen molar-refractivity contribution in [2.24, 2.45) is 11.3 Å². The molecule has 6 heteroatoms. The SMILES string of the molecule is CN(CCCOc1ccc(Cl)cc1)C(=O)C1CC12CCNCC2.Cl. The molecule has 1 saturated heterocycles. The summed E-state index contributed by atoms with van der Waals surface area (Å²) in [5.41, 5.74) is 0.316. The van der Waals surface area contributed by atoms with E-state index in [9.17, 15) is 4.79 Å². The summed E-state index contributed by atoms with van der Waals surface area (Å²) >= 11 is 5.84. The number of nitrogens with one attached hydrogen (secondary N) is 1. The number of rotatable bonds is 6. The highest BCUT2D eigenvalue weighted by atomic mass is 35.5. The Labute approximate surface area is 155 Å². The van der Waals surface area contributed by atoms with Crippen molar-refractivity contribution in [2.45, 2.75) is 25.7 Å². The number of halogens is 2. The number of hydrogen-bond donors (Lipinski definition) is 1. The molecule has 0 aromatic heterocycles. The van der Waals surface area contributed by atoms with E-state index in [1.54, 1.807) is 0 Å². The van der Waals surface area contributed by atoms with Gasteiger partial charge in [0.1, 0.15) is 5.75 Å². The normalized spacial score (nSPS) is 21.0. The second-order valence-electron chi connectivity index (χ2n) is 6.78. The Kier molecular flexibility index (Phi) is 6.79. The van der Waals surface area contributed by atoms with Gasteiger partial charge in [0, 0.05) is 24.5 Å². The van der Waals surface area contributed by atoms with Gasteiger partial charge in [0.2, 0.25) is 5.91 Å². The van der Waals surface area contributed by atoms with E-state index in [-0.39, 0.29) is 18.3 Å². The van der Waals surface area contributed by atoms with Crippen LogP contribution < -0.4 is 10.1 Å². The first kappa shape index (κ1) is 19.4. The number of nitrogens with zero attached hydrogens (tertiary/aromatic N) is 1. The number of piperidine rings is 1. The average Bonchev–Trinajstić information content (AvgIpc) is 3.26. The number of benzene rings is 1. The highest BCUT2D eigenvalue weighted by Gasteiger charge is 2.58. The van der Waals surface area contributed by atoms with Crippen molar-refractivity contribution >= 4 is 29.9 Å². The number of carbonyl (C=O) groups excluding carboxylic acids is 1. The molecule has 1 aliphatic heterocycles. The van der Waals surface area contributed by atoms with Crippen LogP contribution in [0.2, 0.25) is 5.02 Å². The van der Waals surface area contributed by atoms with E-state index >= 15 is 0 Å². The molecule has 3 rings (SSSR count). The highest BCUT2D eigenvalue weighted by Crippen LogP contribution is 2.59. The molecule has 1 amide bonds. The zero-order chi connectivity index (χ0) is 16.3. The molecule has 1 N–H and O–H groups in total. The van der Waals surface area contributed by atoms with Crippen molar-refractivity contribution in [3.8, 4) is 5.75 Å². The molecule has 0 bridgehead atoms. The summed E-state index contributed by atoms with van der Waals surface area (Å²) in [5.74, 6) is 1.39. The molecule has 1 saturated carbocycles. The van der Waals surface area contributed by atoms with Gasteiger partial charge in [-0.15, -0.1) is 12.4 Å².